The number of piperazine rings is 1. The van der Waals surface area contributed by atoms with Crippen molar-refractivity contribution in [2.45, 2.75) is 66.5 Å². The van der Waals surface area contributed by atoms with Crippen LogP contribution in [0.4, 0.5) is 10.1 Å². The normalized spacial score (nSPS) is 14.8. The number of benzene rings is 2. The van der Waals surface area contributed by atoms with Gasteiger partial charge in [-0.15, -0.1) is 0 Å². The van der Waals surface area contributed by atoms with E-state index in [4.69, 9.17) is 14.2 Å². The summed E-state index contributed by atoms with van der Waals surface area (Å²) in [5.74, 6) is 0.953. The van der Waals surface area contributed by atoms with Crippen molar-refractivity contribution in [2.75, 3.05) is 57.9 Å². The molecule has 1 saturated heterocycles. The van der Waals surface area contributed by atoms with E-state index < -0.39 is 11.9 Å². The molecule has 2 aromatic rings. The van der Waals surface area contributed by atoms with Gasteiger partial charge in [-0.25, -0.2) is 4.39 Å². The first-order valence-corrected chi connectivity index (χ1v) is 14.1. The number of nitrogens with one attached hydrogen (secondary N) is 1. The summed E-state index contributed by atoms with van der Waals surface area (Å²) in [6, 6.07) is 5.80. The van der Waals surface area contributed by atoms with Crippen LogP contribution >= 0.6 is 0 Å². The van der Waals surface area contributed by atoms with Gasteiger partial charge < -0.3 is 34.4 Å². The Morgan fingerprint density at radius 2 is 1.73 bits per heavy atom. The molecule has 0 aliphatic carbocycles. The number of nitrogens with zero attached hydrogens (tertiary/aromatic N) is 2. The van der Waals surface area contributed by atoms with E-state index in [-0.39, 0.29) is 23.6 Å². The largest absolute Gasteiger partial charge is 0.494 e. The summed E-state index contributed by atoms with van der Waals surface area (Å²) < 4.78 is 32.1. The minimum absolute atomic E-state index is 0.0771. The number of halogens is 1. The number of hydrogen-bond donors (Lipinski definition) is 2. The molecule has 1 aliphatic heterocycles. The molecular formula is C31H46FN3O5. The number of aliphatic hydroxyl groups is 1. The molecule has 1 aliphatic rings. The van der Waals surface area contributed by atoms with Gasteiger partial charge in [0.1, 0.15) is 5.75 Å². The minimum Gasteiger partial charge on any atom is -0.494 e. The quantitative estimate of drug-likeness (QED) is 0.412. The van der Waals surface area contributed by atoms with Gasteiger partial charge in [0, 0.05) is 51.8 Å². The number of carbonyl (C=O) groups is 1. The Balaban J connectivity index is 1.84. The topological polar surface area (TPSA) is 83.5 Å². The van der Waals surface area contributed by atoms with E-state index in [1.54, 1.807) is 27.0 Å². The van der Waals surface area contributed by atoms with Gasteiger partial charge >= 0.3 is 0 Å². The molecule has 2 N–H and O–H groups in total. The summed E-state index contributed by atoms with van der Waals surface area (Å²) in [5.41, 5.74) is 3.69. The molecule has 1 heterocycles. The molecule has 0 radical (unpaired) electrons. The fraction of sp³-hybridized carbons (Fsp3) is 0.581. The van der Waals surface area contributed by atoms with Crippen LogP contribution in [0.2, 0.25) is 0 Å². The molecule has 0 bridgehead atoms. The van der Waals surface area contributed by atoms with E-state index in [9.17, 15) is 9.90 Å². The van der Waals surface area contributed by atoms with E-state index in [2.05, 4.69) is 31.0 Å². The van der Waals surface area contributed by atoms with Gasteiger partial charge in [0.05, 0.1) is 32.1 Å². The maximum absolute atomic E-state index is 15.1. The summed E-state index contributed by atoms with van der Waals surface area (Å²) in [7, 11) is 1.67. The van der Waals surface area contributed by atoms with Crippen molar-refractivity contribution in [3.05, 3.63) is 46.3 Å². The molecule has 2 aromatic carbocycles. The summed E-state index contributed by atoms with van der Waals surface area (Å²) >= 11 is 0. The average Bonchev–Trinajstić information content (AvgIpc) is 2.92. The van der Waals surface area contributed by atoms with Crippen LogP contribution in [0.1, 0.15) is 69.9 Å². The first-order chi connectivity index (χ1) is 18.9. The molecule has 0 aromatic heterocycles. The van der Waals surface area contributed by atoms with Crippen LogP contribution in [0.15, 0.2) is 18.2 Å². The molecule has 1 atom stereocenters. The number of amides is 1. The fourth-order valence-corrected chi connectivity index (χ4v) is 5.03. The van der Waals surface area contributed by atoms with Crippen LogP contribution < -0.4 is 24.4 Å². The molecule has 222 valence electrons. The minimum atomic E-state index is -0.802. The Morgan fingerprint density at radius 3 is 2.27 bits per heavy atom. The van der Waals surface area contributed by atoms with Crippen molar-refractivity contribution in [2.24, 2.45) is 0 Å². The lowest BCUT2D eigenvalue weighted by molar-refractivity contribution is -0.129. The lowest BCUT2D eigenvalue weighted by Gasteiger charge is -2.37. The number of ether oxygens (including phenoxy) is 3. The fourth-order valence-electron chi connectivity index (χ4n) is 5.03. The number of methoxy groups -OCH3 is 1. The van der Waals surface area contributed by atoms with Gasteiger partial charge in [0.2, 0.25) is 5.91 Å². The van der Waals surface area contributed by atoms with E-state index in [1.165, 1.54) is 0 Å². The van der Waals surface area contributed by atoms with Crippen molar-refractivity contribution in [3.63, 3.8) is 0 Å². The Hall–Kier alpha value is -3.04. The second-order valence-electron chi connectivity index (χ2n) is 11.2. The van der Waals surface area contributed by atoms with Crippen LogP contribution in [-0.2, 0) is 16.8 Å². The van der Waals surface area contributed by atoms with Crippen LogP contribution in [0.25, 0.3) is 0 Å². The summed E-state index contributed by atoms with van der Waals surface area (Å²) in [5, 5.41) is 14.6. The molecule has 8 nitrogen and oxygen atoms in total. The molecule has 3 rings (SSSR count). The lowest BCUT2D eigenvalue weighted by atomic mass is 9.84. The van der Waals surface area contributed by atoms with Crippen LogP contribution in [-0.4, -0.2) is 69.0 Å². The third-order valence-electron chi connectivity index (χ3n) is 7.34. The molecule has 40 heavy (non-hydrogen) atoms. The molecule has 9 heteroatoms. The standard InChI is InChI=1S/C31H46FN3O5/c1-9-39-27-17-23(20(3)28(32)30(27)40-10-2)18-33-19-26(37)22-15-24(31(5,6)7)29(38-8)25(16-22)35-13-11-34(12-14-35)21(4)36/h15-17,26,33,37H,9-14,18-19H2,1-8H3. The van der Waals surface area contributed by atoms with Gasteiger partial charge in [-0.3, -0.25) is 4.79 Å². The molecule has 1 amide bonds. The highest BCUT2D eigenvalue weighted by Crippen LogP contribution is 2.42. The summed E-state index contributed by atoms with van der Waals surface area (Å²) in [6.45, 7) is 17.3. The van der Waals surface area contributed by atoms with Gasteiger partial charge in [0.25, 0.3) is 0 Å². The first-order valence-electron chi connectivity index (χ1n) is 14.1. The average molecular weight is 560 g/mol. The Morgan fingerprint density at radius 1 is 1.07 bits per heavy atom. The zero-order valence-corrected chi connectivity index (χ0v) is 25.3. The van der Waals surface area contributed by atoms with Gasteiger partial charge in [-0.1, -0.05) is 20.8 Å². The van der Waals surface area contributed by atoms with Crippen LogP contribution in [0.3, 0.4) is 0 Å². The Bertz CT molecular complexity index is 1170. The molecule has 1 unspecified atom stereocenters. The van der Waals surface area contributed by atoms with Gasteiger partial charge in [-0.05, 0) is 61.1 Å². The molecule has 0 spiro atoms. The van der Waals surface area contributed by atoms with Gasteiger partial charge in [0.15, 0.2) is 17.3 Å². The molecule has 1 fully saturated rings. The Labute approximate surface area is 238 Å². The van der Waals surface area contributed by atoms with Crippen molar-refractivity contribution < 1.29 is 28.5 Å². The predicted octanol–water partition coefficient (Wildman–Crippen LogP) is 4.73. The number of rotatable bonds is 11. The molecule has 0 saturated carbocycles. The van der Waals surface area contributed by atoms with Gasteiger partial charge in [-0.2, -0.15) is 0 Å². The van der Waals surface area contributed by atoms with E-state index in [1.807, 2.05) is 30.9 Å². The zero-order chi connectivity index (χ0) is 29.6. The number of aliphatic hydroxyl groups excluding tert-OH is 1. The highest BCUT2D eigenvalue weighted by molar-refractivity contribution is 5.74. The third kappa shape index (κ3) is 7.18. The lowest BCUT2D eigenvalue weighted by Crippen LogP contribution is -2.48. The first kappa shape index (κ1) is 31.5. The SMILES string of the molecule is CCOc1cc(CNCC(O)c2cc(N3CCN(C(C)=O)CC3)c(OC)c(C(C)(C)C)c2)c(C)c(F)c1OCC. The number of carbonyl (C=O) groups excluding carboxylic acids is 1. The monoisotopic (exact) mass is 559 g/mol. The summed E-state index contributed by atoms with van der Waals surface area (Å²) in [4.78, 5) is 15.9. The van der Waals surface area contributed by atoms with Crippen molar-refractivity contribution >= 4 is 11.6 Å². The maximum Gasteiger partial charge on any atom is 0.219 e. The van der Waals surface area contributed by atoms with Crippen molar-refractivity contribution in [3.8, 4) is 17.2 Å². The smallest absolute Gasteiger partial charge is 0.219 e. The van der Waals surface area contributed by atoms with E-state index in [0.29, 0.717) is 57.3 Å². The predicted molar refractivity (Wildman–Crippen MR) is 156 cm³/mol. The second-order valence-corrected chi connectivity index (χ2v) is 11.2. The van der Waals surface area contributed by atoms with E-state index in [0.717, 1.165) is 28.1 Å². The third-order valence-corrected chi connectivity index (χ3v) is 7.34. The van der Waals surface area contributed by atoms with E-state index >= 15 is 4.39 Å². The molecular weight excluding hydrogens is 513 g/mol. The van der Waals surface area contributed by atoms with Crippen molar-refractivity contribution in [1.82, 2.24) is 10.2 Å². The van der Waals surface area contributed by atoms with Crippen LogP contribution in [0.5, 0.6) is 17.2 Å². The highest BCUT2D eigenvalue weighted by Gasteiger charge is 2.28. The summed E-state index contributed by atoms with van der Waals surface area (Å²) in [6.07, 6.45) is -0.802. The zero-order valence-electron chi connectivity index (χ0n) is 25.3. The number of hydrogen-bond acceptors (Lipinski definition) is 7. The highest BCUT2D eigenvalue weighted by atomic mass is 19.1. The van der Waals surface area contributed by atoms with Crippen molar-refractivity contribution in [1.29, 1.82) is 0 Å². The second kappa shape index (κ2) is 13.5. The maximum atomic E-state index is 15.1. The Kier molecular flexibility index (Phi) is 10.7. The van der Waals surface area contributed by atoms with Crippen LogP contribution in [0, 0.1) is 12.7 Å². The number of anilines is 1.